The number of nitrogen functional groups attached to an aromatic ring is 1. The second-order valence-electron chi connectivity index (χ2n) is 21.7. The number of morpholine rings is 3. The van der Waals surface area contributed by atoms with Gasteiger partial charge in [-0.15, -0.1) is 0 Å². The highest BCUT2D eigenvalue weighted by Gasteiger charge is 2.27. The van der Waals surface area contributed by atoms with E-state index in [1.807, 2.05) is 38.8 Å². The molecule has 6 aromatic heterocycles. The second kappa shape index (κ2) is 28.6. The molecule has 6 aliphatic heterocycles. The number of rotatable bonds is 13. The van der Waals surface area contributed by atoms with E-state index in [9.17, 15) is 14.4 Å². The summed E-state index contributed by atoms with van der Waals surface area (Å²) in [7, 11) is 1.81. The first kappa shape index (κ1) is 57.9. The summed E-state index contributed by atoms with van der Waals surface area (Å²) in [4.78, 5) is 98.1. The van der Waals surface area contributed by atoms with Crippen LogP contribution in [0.3, 0.4) is 0 Å². The molecule has 0 radical (unpaired) electrons. The van der Waals surface area contributed by atoms with Crippen LogP contribution in [-0.2, 0) is 33.8 Å². The second-order valence-corrected chi connectivity index (χ2v) is 21.7. The number of aromatic amines is 3. The van der Waals surface area contributed by atoms with Crippen molar-refractivity contribution >= 4 is 29.7 Å². The van der Waals surface area contributed by atoms with E-state index < -0.39 is 0 Å². The minimum Gasteiger partial charge on any atom is -0.378 e. The molecular weight excluding hydrogens is 1050 g/mol. The summed E-state index contributed by atoms with van der Waals surface area (Å²) in [6.45, 7) is 18.9. The molecule has 0 amide bonds. The molecule has 82 heavy (non-hydrogen) atoms. The number of aryl methyl sites for hydroxylation is 1. The van der Waals surface area contributed by atoms with Crippen molar-refractivity contribution in [3.8, 4) is 0 Å². The highest BCUT2D eigenvalue weighted by atomic mass is 16.5. The van der Waals surface area contributed by atoms with E-state index in [1.54, 1.807) is 30.6 Å². The molecule has 6 aliphatic rings. The highest BCUT2D eigenvalue weighted by Crippen LogP contribution is 2.31. The van der Waals surface area contributed by atoms with Gasteiger partial charge in [0.15, 0.2) is 0 Å². The number of piperidine rings is 3. The summed E-state index contributed by atoms with van der Waals surface area (Å²) < 4.78 is 16.2. The van der Waals surface area contributed by atoms with Gasteiger partial charge in [-0.1, -0.05) is 0 Å². The molecule has 0 aliphatic carbocycles. The lowest BCUT2D eigenvalue weighted by Gasteiger charge is -2.32. The smallest absolute Gasteiger partial charge is 0.252 e. The Morgan fingerprint density at radius 1 is 0.463 bits per heavy atom. The third kappa shape index (κ3) is 16.4. The van der Waals surface area contributed by atoms with E-state index in [2.05, 4.69) is 79.6 Å². The Bertz CT molecular complexity index is 2970. The number of hydrogen-bond acceptors (Lipinski definition) is 23. The van der Waals surface area contributed by atoms with Gasteiger partial charge >= 0.3 is 0 Å². The van der Waals surface area contributed by atoms with Crippen LogP contribution >= 0.6 is 0 Å². The van der Waals surface area contributed by atoms with Crippen molar-refractivity contribution < 1.29 is 14.2 Å². The van der Waals surface area contributed by atoms with Crippen molar-refractivity contribution in [2.45, 2.75) is 82.8 Å². The first-order chi connectivity index (χ1) is 40.0. The summed E-state index contributed by atoms with van der Waals surface area (Å²) in [6.07, 6.45) is 17.1. The minimum atomic E-state index is -0.0806. The quantitative estimate of drug-likeness (QED) is 0.111. The molecule has 0 spiro atoms. The zero-order valence-corrected chi connectivity index (χ0v) is 47.3. The van der Waals surface area contributed by atoms with Gasteiger partial charge in [0, 0.05) is 156 Å². The fourth-order valence-electron chi connectivity index (χ4n) is 11.2. The fraction of sp³-hybridized carbons (Fsp3) is 0.571. The Labute approximate surface area is 476 Å². The average Bonchev–Trinajstić information content (AvgIpc) is 3.59. The maximum Gasteiger partial charge on any atom is 0.252 e. The fourth-order valence-corrected chi connectivity index (χ4v) is 11.2. The summed E-state index contributed by atoms with van der Waals surface area (Å²) >= 11 is 0. The van der Waals surface area contributed by atoms with Gasteiger partial charge in [0.2, 0.25) is 29.7 Å². The third-order valence-electron chi connectivity index (χ3n) is 15.9. The zero-order chi connectivity index (χ0) is 56.6. The van der Waals surface area contributed by atoms with Gasteiger partial charge in [-0.2, -0.15) is 0 Å². The maximum atomic E-state index is 12.2. The number of nitrogens with two attached hydrogens (primary N) is 1. The summed E-state index contributed by atoms with van der Waals surface area (Å²) in [5.74, 6) is 4.73. The van der Waals surface area contributed by atoms with Crippen LogP contribution < -0.4 is 42.4 Å². The van der Waals surface area contributed by atoms with Crippen LogP contribution in [0, 0.1) is 6.92 Å². The van der Waals surface area contributed by atoms with Crippen molar-refractivity contribution in [1.82, 2.24) is 74.5 Å². The van der Waals surface area contributed by atoms with Crippen molar-refractivity contribution in [3.63, 3.8) is 0 Å². The molecule has 0 atom stereocenters. The van der Waals surface area contributed by atoms with Crippen LogP contribution in [0.1, 0.15) is 95.9 Å². The molecule has 26 heteroatoms. The van der Waals surface area contributed by atoms with Crippen LogP contribution in [0.15, 0.2) is 69.8 Å². The minimum absolute atomic E-state index is 0.0688. The van der Waals surface area contributed by atoms with Crippen molar-refractivity contribution in [1.29, 1.82) is 0 Å². The number of aromatic nitrogens is 12. The molecule has 12 rings (SSSR count). The predicted molar refractivity (Wildman–Crippen MR) is 310 cm³/mol. The van der Waals surface area contributed by atoms with Gasteiger partial charge in [0.05, 0.1) is 56.7 Å². The molecule has 0 aromatic carbocycles. The summed E-state index contributed by atoms with van der Waals surface area (Å²) in [5.41, 5.74) is 11.4. The Morgan fingerprint density at radius 3 is 1.06 bits per heavy atom. The lowest BCUT2D eigenvalue weighted by Crippen LogP contribution is -2.39. The Hall–Kier alpha value is -7.36. The van der Waals surface area contributed by atoms with Crippen LogP contribution in [0.25, 0.3) is 0 Å². The molecule has 12 heterocycles. The van der Waals surface area contributed by atoms with Crippen molar-refractivity contribution in [2.75, 3.05) is 151 Å². The van der Waals surface area contributed by atoms with Gasteiger partial charge in [-0.3, -0.25) is 44.0 Å². The lowest BCUT2D eigenvalue weighted by atomic mass is 9.93. The van der Waals surface area contributed by atoms with Crippen LogP contribution in [0.2, 0.25) is 0 Å². The predicted octanol–water partition coefficient (Wildman–Crippen LogP) is 2.26. The number of nitrogens with one attached hydrogen (secondary N) is 4. The average molecular weight is 1130 g/mol. The van der Waals surface area contributed by atoms with Gasteiger partial charge in [0.25, 0.3) is 16.7 Å². The Kier molecular flexibility index (Phi) is 20.2. The Balaban J connectivity index is 0.000000138. The van der Waals surface area contributed by atoms with Crippen LogP contribution in [0.5, 0.6) is 0 Å². The third-order valence-corrected chi connectivity index (χ3v) is 15.9. The molecule has 0 unspecified atom stereocenters. The number of likely N-dealkylation sites (tertiary alicyclic amines) is 3. The normalized spacial score (nSPS) is 19.2. The topological polar surface area (TPSA) is 300 Å². The molecule has 26 nitrogen and oxygen atoms in total. The number of nitrogens with zero attached hydrogens (tertiary/aromatic N) is 15. The maximum absolute atomic E-state index is 12.2. The standard InChI is InChI=1S/C19H27N7O2.C19H26N6O2.C18H25N7O2/c1-20-18-21-11-14(12-22-18)13-25-4-2-15(3-5-25)16-10-17(27)24-19(23-16)26-6-8-28-9-7-26;1-14-20-11-15(12-21-14)13-24-4-2-16(3-5-24)17-10-18(26)23-19(22-17)25-6-8-27-9-7-25;19-17-20-10-13(11-21-17)12-24-3-1-14(2-4-24)15-9-16(26)23-18(22-15)25-5-7-27-8-6-25/h10-12,15H,2-9,13H2,1H3,(H,20,21,22)(H,23,24,27);10-12,16H,2-9,13H2,1H3,(H,22,23,26);9-11,14H,1-8,12H2,(H2,19,20,21)(H,22,23,26). The van der Waals surface area contributed by atoms with Gasteiger partial charge < -0.3 is 40.0 Å². The first-order valence-corrected chi connectivity index (χ1v) is 28.9. The van der Waals surface area contributed by atoms with E-state index in [0.29, 0.717) is 87.1 Å². The van der Waals surface area contributed by atoms with E-state index in [0.717, 1.165) is 176 Å². The van der Waals surface area contributed by atoms with Gasteiger partial charge in [-0.05, 0) is 84.7 Å². The number of anilines is 5. The first-order valence-electron chi connectivity index (χ1n) is 28.9. The van der Waals surface area contributed by atoms with E-state index >= 15 is 0 Å². The zero-order valence-electron chi connectivity index (χ0n) is 47.3. The molecule has 0 bridgehead atoms. The van der Waals surface area contributed by atoms with Crippen molar-refractivity contribution in [3.05, 3.63) is 126 Å². The lowest BCUT2D eigenvalue weighted by molar-refractivity contribution is 0.122. The molecule has 438 valence electrons. The molecule has 6 saturated heterocycles. The van der Waals surface area contributed by atoms with Gasteiger partial charge in [-0.25, -0.2) is 44.9 Å². The van der Waals surface area contributed by atoms with Gasteiger partial charge in [0.1, 0.15) is 5.82 Å². The molecule has 0 saturated carbocycles. The summed E-state index contributed by atoms with van der Waals surface area (Å²) in [5, 5.41) is 2.93. The largest absolute Gasteiger partial charge is 0.378 e. The van der Waals surface area contributed by atoms with Crippen LogP contribution in [-0.4, -0.2) is 200 Å². The molecule has 6 N–H and O–H groups in total. The number of hydrogen-bond donors (Lipinski definition) is 5. The summed E-state index contributed by atoms with van der Waals surface area (Å²) in [6, 6.07) is 4.98. The Morgan fingerprint density at radius 2 is 0.756 bits per heavy atom. The molecule has 6 aromatic rings. The SMILES string of the molecule is CNc1ncc(CN2CCC(c3cc(=O)[nH]c(N4CCOCC4)n3)CC2)cn1.Cc1ncc(CN2CCC(c3cc(=O)[nH]c(N4CCOCC4)n3)CC2)cn1.Nc1ncc(CN2CCC(c3cc(=O)[nH]c(N4CCOCC4)n3)CC2)cn1. The van der Waals surface area contributed by atoms with Crippen LogP contribution in [0.4, 0.5) is 29.7 Å². The number of H-pyrrole nitrogens is 3. The highest BCUT2D eigenvalue weighted by molar-refractivity contribution is 5.34. The van der Waals surface area contributed by atoms with E-state index in [4.69, 9.17) is 34.9 Å². The van der Waals surface area contributed by atoms with E-state index in [1.165, 1.54) is 0 Å². The van der Waals surface area contributed by atoms with Crippen molar-refractivity contribution in [2.24, 2.45) is 0 Å². The molecule has 6 fully saturated rings. The monoisotopic (exact) mass is 1130 g/mol. The number of ether oxygens (including phenoxy) is 3. The van der Waals surface area contributed by atoms with E-state index in [-0.39, 0.29) is 16.7 Å². The molecular formula is C56H78N20O6.